The molecule has 9 heteroatoms. The van der Waals surface area contributed by atoms with E-state index in [1.165, 1.54) is 0 Å². The molecule has 1 atom stereocenters. The van der Waals surface area contributed by atoms with E-state index in [4.69, 9.17) is 5.73 Å². The lowest BCUT2D eigenvalue weighted by molar-refractivity contribution is -0.389. The maximum atomic E-state index is 11.7. The van der Waals surface area contributed by atoms with Crippen LogP contribution in [0.25, 0.3) is 0 Å². The highest BCUT2D eigenvalue weighted by molar-refractivity contribution is 7.89. The number of aromatic nitrogens is 1. The van der Waals surface area contributed by atoms with Gasteiger partial charge in [-0.1, -0.05) is 0 Å². The Balaban J connectivity index is 2.96. The number of sulfonamides is 1. The van der Waals surface area contributed by atoms with E-state index in [0.29, 0.717) is 0 Å². The van der Waals surface area contributed by atoms with E-state index in [9.17, 15) is 18.5 Å². The fraction of sp³-hybridized carbons (Fsp3) is 0.375. The summed E-state index contributed by atoms with van der Waals surface area (Å²) in [6, 6.07) is 1.73. The van der Waals surface area contributed by atoms with Gasteiger partial charge in [-0.05, 0) is 22.9 Å². The van der Waals surface area contributed by atoms with Crippen LogP contribution in [0.4, 0.5) is 5.82 Å². The minimum Gasteiger partial charge on any atom is -0.358 e. The van der Waals surface area contributed by atoms with Crippen molar-refractivity contribution in [2.24, 2.45) is 5.73 Å². The predicted molar refractivity (Wildman–Crippen MR) is 59.7 cm³/mol. The van der Waals surface area contributed by atoms with Gasteiger partial charge in [-0.25, -0.2) is 13.1 Å². The van der Waals surface area contributed by atoms with Gasteiger partial charge in [0.25, 0.3) is 0 Å². The second-order valence-electron chi connectivity index (χ2n) is 3.37. The third kappa shape index (κ3) is 3.44. The molecule has 1 aromatic rings. The number of pyridine rings is 1. The highest BCUT2D eigenvalue weighted by atomic mass is 32.2. The molecule has 0 aromatic carbocycles. The summed E-state index contributed by atoms with van der Waals surface area (Å²) in [4.78, 5) is 12.9. The zero-order valence-corrected chi connectivity index (χ0v) is 9.85. The van der Waals surface area contributed by atoms with E-state index < -0.39 is 26.8 Å². The van der Waals surface area contributed by atoms with E-state index in [1.807, 2.05) is 0 Å². The molecule has 0 radical (unpaired) electrons. The molecule has 3 N–H and O–H groups in total. The molecule has 0 aliphatic heterocycles. The van der Waals surface area contributed by atoms with E-state index in [0.717, 1.165) is 18.3 Å². The first-order valence-electron chi connectivity index (χ1n) is 4.69. The molecule has 1 rings (SSSR count). The molecule has 8 nitrogen and oxygen atoms in total. The van der Waals surface area contributed by atoms with Crippen molar-refractivity contribution in [2.75, 3.05) is 6.54 Å². The van der Waals surface area contributed by atoms with Crippen molar-refractivity contribution in [1.82, 2.24) is 9.71 Å². The maximum Gasteiger partial charge on any atom is 0.363 e. The Bertz CT molecular complexity index is 499. The minimum atomic E-state index is -3.73. The Morgan fingerprint density at radius 2 is 2.24 bits per heavy atom. The van der Waals surface area contributed by atoms with E-state index in [2.05, 4.69) is 9.71 Å². The molecule has 0 spiro atoms. The Morgan fingerprint density at radius 3 is 2.65 bits per heavy atom. The average molecular weight is 260 g/mol. The van der Waals surface area contributed by atoms with E-state index in [1.54, 1.807) is 6.92 Å². The molecule has 0 saturated carbocycles. The number of rotatable bonds is 5. The smallest absolute Gasteiger partial charge is 0.358 e. The number of nitrogens with one attached hydrogen (secondary N) is 1. The third-order valence-corrected chi connectivity index (χ3v) is 3.50. The predicted octanol–water partition coefficient (Wildman–Crippen LogP) is -0.385. The summed E-state index contributed by atoms with van der Waals surface area (Å²) < 4.78 is 25.7. The van der Waals surface area contributed by atoms with Crippen molar-refractivity contribution in [2.45, 2.75) is 17.9 Å². The van der Waals surface area contributed by atoms with Gasteiger partial charge in [-0.2, -0.15) is 0 Å². The SMILES string of the molecule is CC(CN)NS(=O)(=O)c1ccc([N+](=O)[O-])nc1. The largest absolute Gasteiger partial charge is 0.363 e. The summed E-state index contributed by atoms with van der Waals surface area (Å²) in [6.07, 6.45) is 0.934. The Hall–Kier alpha value is -1.58. The topological polar surface area (TPSA) is 128 Å². The van der Waals surface area contributed by atoms with Gasteiger partial charge in [-0.15, -0.1) is 0 Å². The van der Waals surface area contributed by atoms with Gasteiger partial charge in [0.2, 0.25) is 10.0 Å². The third-order valence-electron chi connectivity index (χ3n) is 1.93. The molecule has 0 fully saturated rings. The maximum absolute atomic E-state index is 11.7. The highest BCUT2D eigenvalue weighted by Crippen LogP contribution is 2.12. The number of nitro groups is 1. The first-order chi connectivity index (χ1) is 7.86. The first-order valence-corrected chi connectivity index (χ1v) is 6.18. The van der Waals surface area contributed by atoms with Crippen molar-refractivity contribution in [3.05, 3.63) is 28.4 Å². The summed E-state index contributed by atoms with van der Waals surface area (Å²) in [7, 11) is -3.73. The van der Waals surface area contributed by atoms with Crippen LogP contribution in [-0.4, -0.2) is 30.9 Å². The fourth-order valence-electron chi connectivity index (χ4n) is 1.02. The second-order valence-corrected chi connectivity index (χ2v) is 5.08. The quantitative estimate of drug-likeness (QED) is 0.548. The number of hydrogen-bond acceptors (Lipinski definition) is 6. The molecular weight excluding hydrogens is 248 g/mol. The van der Waals surface area contributed by atoms with Crippen LogP contribution in [0.3, 0.4) is 0 Å². The van der Waals surface area contributed by atoms with Crippen molar-refractivity contribution in [3.63, 3.8) is 0 Å². The molecule has 1 aromatic heterocycles. The average Bonchev–Trinajstić information content (AvgIpc) is 2.28. The molecule has 0 bridgehead atoms. The highest BCUT2D eigenvalue weighted by Gasteiger charge is 2.19. The number of hydrogen-bond donors (Lipinski definition) is 2. The summed E-state index contributed by atoms with van der Waals surface area (Å²) in [5.41, 5.74) is 5.29. The van der Waals surface area contributed by atoms with Crippen LogP contribution >= 0.6 is 0 Å². The molecule has 1 heterocycles. The molecule has 1 unspecified atom stereocenters. The molecule has 0 saturated heterocycles. The lowest BCUT2D eigenvalue weighted by Crippen LogP contribution is -2.37. The molecule has 0 amide bonds. The molecule has 0 aliphatic carbocycles. The van der Waals surface area contributed by atoms with Crippen LogP contribution in [0.1, 0.15) is 6.92 Å². The Labute approximate surface area is 98.0 Å². The van der Waals surface area contributed by atoms with Crippen LogP contribution < -0.4 is 10.5 Å². The van der Waals surface area contributed by atoms with Gasteiger partial charge in [-0.3, -0.25) is 0 Å². The van der Waals surface area contributed by atoms with Crippen molar-refractivity contribution in [1.29, 1.82) is 0 Å². The van der Waals surface area contributed by atoms with Gasteiger partial charge >= 0.3 is 5.82 Å². The first kappa shape index (κ1) is 13.5. The van der Waals surface area contributed by atoms with Gasteiger partial charge < -0.3 is 15.8 Å². The van der Waals surface area contributed by atoms with Crippen LogP contribution in [0.5, 0.6) is 0 Å². The van der Waals surface area contributed by atoms with Crippen molar-refractivity contribution >= 4 is 15.8 Å². The standard InChI is InChI=1S/C8H12N4O4S/c1-6(4-9)11-17(15,16)7-2-3-8(10-5-7)12(13)14/h2-3,5-6,11H,4,9H2,1H3. The Morgan fingerprint density at radius 1 is 1.59 bits per heavy atom. The van der Waals surface area contributed by atoms with Gasteiger partial charge in [0.15, 0.2) is 6.20 Å². The lowest BCUT2D eigenvalue weighted by atomic mass is 10.4. The van der Waals surface area contributed by atoms with Crippen LogP contribution in [-0.2, 0) is 10.0 Å². The summed E-state index contributed by atoms with van der Waals surface area (Å²) in [5, 5.41) is 10.3. The lowest BCUT2D eigenvalue weighted by Gasteiger charge is -2.10. The Kier molecular flexibility index (Phi) is 4.10. The van der Waals surface area contributed by atoms with Crippen LogP contribution in [0.15, 0.2) is 23.2 Å². The fourth-order valence-corrected chi connectivity index (χ4v) is 2.22. The van der Waals surface area contributed by atoms with E-state index in [-0.39, 0.29) is 11.4 Å². The zero-order chi connectivity index (χ0) is 13.1. The molecule has 94 valence electrons. The molecular formula is C8H12N4O4S. The van der Waals surface area contributed by atoms with Gasteiger partial charge in [0.1, 0.15) is 4.90 Å². The van der Waals surface area contributed by atoms with Crippen molar-refractivity contribution < 1.29 is 13.3 Å². The van der Waals surface area contributed by atoms with Crippen molar-refractivity contribution in [3.8, 4) is 0 Å². The molecule has 0 aliphatic rings. The second kappa shape index (κ2) is 5.17. The van der Waals surface area contributed by atoms with Gasteiger partial charge in [0, 0.05) is 18.7 Å². The van der Waals surface area contributed by atoms with Crippen LogP contribution in [0.2, 0.25) is 0 Å². The summed E-state index contributed by atoms with van der Waals surface area (Å²) in [6.45, 7) is 1.76. The van der Waals surface area contributed by atoms with Gasteiger partial charge in [0.05, 0.1) is 0 Å². The monoisotopic (exact) mass is 260 g/mol. The minimum absolute atomic E-state index is 0.136. The number of nitrogens with zero attached hydrogens (tertiary/aromatic N) is 2. The van der Waals surface area contributed by atoms with E-state index >= 15 is 0 Å². The summed E-state index contributed by atoms with van der Waals surface area (Å²) in [5.74, 6) is -0.407. The normalized spacial score (nSPS) is 13.3. The number of nitrogens with two attached hydrogens (primary N) is 1. The zero-order valence-electron chi connectivity index (χ0n) is 9.03. The summed E-state index contributed by atoms with van der Waals surface area (Å²) >= 11 is 0. The van der Waals surface area contributed by atoms with Crippen LogP contribution in [0, 0.1) is 10.1 Å². The molecule has 17 heavy (non-hydrogen) atoms.